The molecular weight excluding hydrogens is 374 g/mol. The Morgan fingerprint density at radius 2 is 1.70 bits per heavy atom. The van der Waals surface area contributed by atoms with Gasteiger partial charge in [-0.05, 0) is 66.1 Å². The number of aromatic nitrogens is 1. The number of aliphatic hydroxyl groups is 1. The molecule has 5 nitrogen and oxygen atoms in total. The van der Waals surface area contributed by atoms with Crippen molar-refractivity contribution >= 4 is 16.6 Å². The van der Waals surface area contributed by atoms with E-state index in [-0.39, 0.29) is 11.7 Å². The first kappa shape index (κ1) is 20.6. The molecule has 0 amide bonds. The lowest BCUT2D eigenvalue weighted by Gasteiger charge is -2.37. The first-order chi connectivity index (χ1) is 14.6. The number of nitrogens with zero attached hydrogens (tertiary/aromatic N) is 2. The third-order valence-electron chi connectivity index (χ3n) is 6.11. The number of fused-ring (bicyclic) bond motifs is 1. The molecule has 1 aliphatic heterocycles. The number of piperazine rings is 1. The number of rotatable bonds is 7. The molecule has 1 aromatic heterocycles. The number of aliphatic hydroxyl groups excluding tert-OH is 1. The molecule has 2 aromatic carbocycles. The Bertz CT molecular complexity index is 1020. The highest BCUT2D eigenvalue weighted by molar-refractivity contribution is 5.78. The van der Waals surface area contributed by atoms with Gasteiger partial charge >= 0.3 is 0 Å². The topological polar surface area (TPSA) is 59.6 Å². The average molecular weight is 406 g/mol. The Morgan fingerprint density at radius 1 is 0.967 bits per heavy atom. The SMILES string of the molecule is CCc1ccc(N2CCN(C[C@H](O)CCc3ccc4[nH]c(=O)ccc4c3)CC2)cc1. The van der Waals surface area contributed by atoms with Gasteiger partial charge in [0.1, 0.15) is 0 Å². The number of β-amino-alcohol motifs (C(OH)–C–C–N with tert-alkyl or cyclic N) is 1. The zero-order valence-corrected chi connectivity index (χ0v) is 17.7. The smallest absolute Gasteiger partial charge is 0.248 e. The van der Waals surface area contributed by atoms with Crippen LogP contribution < -0.4 is 10.5 Å². The largest absolute Gasteiger partial charge is 0.392 e. The second kappa shape index (κ2) is 9.45. The van der Waals surface area contributed by atoms with Crippen molar-refractivity contribution in [3.05, 3.63) is 76.1 Å². The Morgan fingerprint density at radius 3 is 2.43 bits per heavy atom. The summed E-state index contributed by atoms with van der Waals surface area (Å²) in [6, 6.07) is 18.4. The molecule has 1 aliphatic rings. The van der Waals surface area contributed by atoms with E-state index in [1.54, 1.807) is 6.07 Å². The molecule has 30 heavy (non-hydrogen) atoms. The molecule has 4 rings (SSSR count). The minimum atomic E-state index is -0.327. The first-order valence-corrected chi connectivity index (χ1v) is 11.0. The summed E-state index contributed by atoms with van der Waals surface area (Å²) in [4.78, 5) is 19.0. The van der Waals surface area contributed by atoms with E-state index in [4.69, 9.17) is 0 Å². The van der Waals surface area contributed by atoms with Crippen molar-refractivity contribution in [2.45, 2.75) is 32.3 Å². The van der Waals surface area contributed by atoms with Crippen LogP contribution in [0.1, 0.15) is 24.5 Å². The summed E-state index contributed by atoms with van der Waals surface area (Å²) in [5.74, 6) is 0. The van der Waals surface area contributed by atoms with Gasteiger partial charge in [-0.2, -0.15) is 0 Å². The summed E-state index contributed by atoms with van der Waals surface area (Å²) < 4.78 is 0. The highest BCUT2D eigenvalue weighted by atomic mass is 16.3. The van der Waals surface area contributed by atoms with E-state index in [0.29, 0.717) is 0 Å². The normalized spacial score (nSPS) is 16.1. The summed E-state index contributed by atoms with van der Waals surface area (Å²) in [7, 11) is 0. The predicted octanol–water partition coefficient (Wildman–Crippen LogP) is 3.21. The van der Waals surface area contributed by atoms with Crippen molar-refractivity contribution in [1.29, 1.82) is 0 Å². The number of benzene rings is 2. The average Bonchev–Trinajstić information content (AvgIpc) is 2.78. The fraction of sp³-hybridized carbons (Fsp3) is 0.400. The lowest BCUT2D eigenvalue weighted by Crippen LogP contribution is -2.48. The van der Waals surface area contributed by atoms with Gasteiger partial charge in [0.25, 0.3) is 0 Å². The van der Waals surface area contributed by atoms with Gasteiger partial charge < -0.3 is 15.0 Å². The van der Waals surface area contributed by atoms with Gasteiger partial charge in [-0.15, -0.1) is 0 Å². The molecule has 5 heteroatoms. The number of nitrogens with one attached hydrogen (secondary N) is 1. The van der Waals surface area contributed by atoms with Crippen molar-refractivity contribution < 1.29 is 5.11 Å². The molecule has 0 aliphatic carbocycles. The van der Waals surface area contributed by atoms with E-state index in [1.807, 2.05) is 18.2 Å². The number of anilines is 1. The quantitative estimate of drug-likeness (QED) is 0.634. The minimum Gasteiger partial charge on any atom is -0.392 e. The van der Waals surface area contributed by atoms with Gasteiger partial charge in [-0.1, -0.05) is 25.1 Å². The molecule has 158 valence electrons. The first-order valence-electron chi connectivity index (χ1n) is 11.0. The molecule has 1 atom stereocenters. The van der Waals surface area contributed by atoms with E-state index in [2.05, 4.69) is 52.0 Å². The molecule has 0 saturated carbocycles. The van der Waals surface area contributed by atoms with Crippen LogP contribution >= 0.6 is 0 Å². The van der Waals surface area contributed by atoms with Crippen LogP contribution in [-0.4, -0.2) is 53.8 Å². The van der Waals surface area contributed by atoms with E-state index in [1.165, 1.54) is 16.8 Å². The number of pyridine rings is 1. The van der Waals surface area contributed by atoms with E-state index < -0.39 is 0 Å². The maximum Gasteiger partial charge on any atom is 0.248 e. The second-order valence-corrected chi connectivity index (χ2v) is 8.24. The Labute approximate surface area is 178 Å². The fourth-order valence-corrected chi connectivity index (χ4v) is 4.21. The third-order valence-corrected chi connectivity index (χ3v) is 6.11. The number of hydrogen-bond acceptors (Lipinski definition) is 4. The van der Waals surface area contributed by atoms with Crippen molar-refractivity contribution in [1.82, 2.24) is 9.88 Å². The van der Waals surface area contributed by atoms with Crippen LogP contribution in [0.3, 0.4) is 0 Å². The molecule has 0 unspecified atom stereocenters. The zero-order valence-electron chi connectivity index (χ0n) is 17.7. The van der Waals surface area contributed by atoms with Crippen LogP contribution in [0.15, 0.2) is 59.4 Å². The minimum absolute atomic E-state index is 0.0799. The second-order valence-electron chi connectivity index (χ2n) is 8.24. The zero-order chi connectivity index (χ0) is 20.9. The summed E-state index contributed by atoms with van der Waals surface area (Å²) in [6.07, 6.45) is 2.32. The van der Waals surface area contributed by atoms with Crippen LogP contribution in [0, 0.1) is 0 Å². The number of aryl methyl sites for hydroxylation is 2. The third kappa shape index (κ3) is 5.10. The number of aromatic amines is 1. The highest BCUT2D eigenvalue weighted by Gasteiger charge is 2.19. The molecule has 0 bridgehead atoms. The van der Waals surface area contributed by atoms with Crippen LogP contribution in [0.5, 0.6) is 0 Å². The number of hydrogen-bond donors (Lipinski definition) is 2. The van der Waals surface area contributed by atoms with Crippen molar-refractivity contribution in [2.75, 3.05) is 37.6 Å². The molecule has 2 heterocycles. The molecule has 1 fully saturated rings. The van der Waals surface area contributed by atoms with Gasteiger partial charge in [0.15, 0.2) is 0 Å². The lowest BCUT2D eigenvalue weighted by molar-refractivity contribution is 0.102. The molecule has 3 aromatic rings. The summed E-state index contributed by atoms with van der Waals surface area (Å²) in [5.41, 5.74) is 4.64. The van der Waals surface area contributed by atoms with Gasteiger partial charge in [0, 0.05) is 50.0 Å². The van der Waals surface area contributed by atoms with Gasteiger partial charge in [0.2, 0.25) is 5.56 Å². The monoisotopic (exact) mass is 405 g/mol. The molecular formula is C25H31N3O2. The van der Waals surface area contributed by atoms with E-state index >= 15 is 0 Å². The van der Waals surface area contributed by atoms with E-state index in [0.717, 1.165) is 62.9 Å². The van der Waals surface area contributed by atoms with Crippen LogP contribution in [0.4, 0.5) is 5.69 Å². The molecule has 1 saturated heterocycles. The summed E-state index contributed by atoms with van der Waals surface area (Å²) >= 11 is 0. The molecule has 0 spiro atoms. The van der Waals surface area contributed by atoms with Gasteiger partial charge in [-0.25, -0.2) is 0 Å². The number of H-pyrrole nitrogens is 1. The standard InChI is InChI=1S/C25H31N3O2/c1-2-19-3-8-22(9-4-19)28-15-13-27(14-16-28)18-23(29)10-5-20-6-11-24-21(17-20)7-12-25(30)26-24/h3-4,6-9,11-12,17,23,29H,2,5,10,13-16,18H2,1H3,(H,26,30)/t23-/m1/s1. The fourth-order valence-electron chi connectivity index (χ4n) is 4.21. The summed E-state index contributed by atoms with van der Waals surface area (Å²) in [6.45, 7) is 6.87. The summed E-state index contributed by atoms with van der Waals surface area (Å²) in [5, 5.41) is 11.6. The van der Waals surface area contributed by atoms with Crippen molar-refractivity contribution in [3.8, 4) is 0 Å². The van der Waals surface area contributed by atoms with Crippen molar-refractivity contribution in [2.24, 2.45) is 0 Å². The Kier molecular flexibility index (Phi) is 6.50. The molecule has 0 radical (unpaired) electrons. The van der Waals surface area contributed by atoms with Crippen LogP contribution in [0.25, 0.3) is 10.9 Å². The Balaban J connectivity index is 1.24. The molecule has 2 N–H and O–H groups in total. The van der Waals surface area contributed by atoms with Gasteiger partial charge in [-0.3, -0.25) is 9.69 Å². The highest BCUT2D eigenvalue weighted by Crippen LogP contribution is 2.18. The predicted molar refractivity (Wildman–Crippen MR) is 123 cm³/mol. The van der Waals surface area contributed by atoms with Gasteiger partial charge in [0.05, 0.1) is 6.10 Å². The maximum absolute atomic E-state index is 11.4. The lowest BCUT2D eigenvalue weighted by atomic mass is 10.0. The van der Waals surface area contributed by atoms with Crippen LogP contribution in [-0.2, 0) is 12.8 Å². The van der Waals surface area contributed by atoms with Crippen molar-refractivity contribution in [3.63, 3.8) is 0 Å². The maximum atomic E-state index is 11.4. The Hall–Kier alpha value is -2.63. The van der Waals surface area contributed by atoms with Crippen LogP contribution in [0.2, 0.25) is 0 Å². The van der Waals surface area contributed by atoms with E-state index in [9.17, 15) is 9.90 Å².